The van der Waals surface area contributed by atoms with Gasteiger partial charge in [-0.3, -0.25) is 4.79 Å². The van der Waals surface area contributed by atoms with Gasteiger partial charge in [0.25, 0.3) is 5.91 Å². The van der Waals surface area contributed by atoms with Crippen LogP contribution in [0.15, 0.2) is 59.2 Å². The van der Waals surface area contributed by atoms with Crippen LogP contribution in [0.1, 0.15) is 10.4 Å². The first kappa shape index (κ1) is 19.6. The second-order valence-electron chi connectivity index (χ2n) is 5.59. The van der Waals surface area contributed by atoms with E-state index in [9.17, 15) is 9.18 Å². The van der Waals surface area contributed by atoms with Gasteiger partial charge in [0.1, 0.15) is 27.5 Å². The smallest absolute Gasteiger partial charge is 0.255 e. The second-order valence-corrected chi connectivity index (χ2v) is 6.38. The minimum Gasteiger partial charge on any atom is -0.495 e. The Morgan fingerprint density at radius 2 is 1.68 bits per heavy atom. The lowest BCUT2D eigenvalue weighted by molar-refractivity contribution is 0.102. The zero-order valence-electron chi connectivity index (χ0n) is 15.0. The third-order valence-corrected chi connectivity index (χ3v) is 4.52. The molecule has 0 fully saturated rings. The third-order valence-electron chi connectivity index (χ3n) is 3.74. The van der Waals surface area contributed by atoms with Crippen molar-refractivity contribution in [1.29, 1.82) is 0 Å². The van der Waals surface area contributed by atoms with Crippen LogP contribution < -0.4 is 19.5 Å². The Hall–Kier alpha value is -3.13. The van der Waals surface area contributed by atoms with Crippen molar-refractivity contribution in [2.75, 3.05) is 19.5 Å². The molecule has 1 aromatic heterocycles. The Labute approximate surface area is 169 Å². The van der Waals surface area contributed by atoms with Crippen LogP contribution in [0.5, 0.6) is 23.1 Å². The van der Waals surface area contributed by atoms with Crippen LogP contribution in [0, 0.1) is 5.82 Å². The van der Waals surface area contributed by atoms with Gasteiger partial charge >= 0.3 is 0 Å². The predicted molar refractivity (Wildman–Crippen MR) is 106 cm³/mol. The van der Waals surface area contributed by atoms with Gasteiger partial charge in [-0.05, 0) is 58.4 Å². The minimum atomic E-state index is -0.349. The van der Waals surface area contributed by atoms with E-state index in [4.69, 9.17) is 14.2 Å². The van der Waals surface area contributed by atoms with Gasteiger partial charge in [0.05, 0.1) is 26.1 Å². The molecular weight excluding hydrogens is 431 g/mol. The summed E-state index contributed by atoms with van der Waals surface area (Å²) in [5.74, 6) is 1.03. The van der Waals surface area contributed by atoms with Crippen molar-refractivity contribution in [1.82, 2.24) is 4.98 Å². The molecule has 0 unspecified atom stereocenters. The Balaban J connectivity index is 1.71. The van der Waals surface area contributed by atoms with Gasteiger partial charge in [-0.15, -0.1) is 0 Å². The maximum atomic E-state index is 12.9. The molecule has 3 aromatic rings. The number of hydrogen-bond acceptors (Lipinski definition) is 5. The molecule has 0 radical (unpaired) electrons. The molecule has 6 nitrogen and oxygen atoms in total. The fourth-order valence-electron chi connectivity index (χ4n) is 2.34. The summed E-state index contributed by atoms with van der Waals surface area (Å²) in [6.45, 7) is 0. The van der Waals surface area contributed by atoms with Crippen molar-refractivity contribution < 1.29 is 23.4 Å². The summed E-state index contributed by atoms with van der Waals surface area (Å²) in [4.78, 5) is 16.7. The van der Waals surface area contributed by atoms with E-state index >= 15 is 0 Å². The average molecular weight is 447 g/mol. The standard InChI is InChI=1S/C20H16BrFN2O4/c1-26-16-9-12(10-17(27-2)19(16)21)20(25)24-14-5-8-18(23-11-14)28-15-6-3-13(22)4-7-15/h3-11H,1-2H3,(H,24,25). The Kier molecular flexibility index (Phi) is 6.10. The molecule has 0 aliphatic carbocycles. The molecule has 2 aromatic carbocycles. The Bertz CT molecular complexity index is 953. The summed E-state index contributed by atoms with van der Waals surface area (Å²) in [6.07, 6.45) is 1.46. The molecule has 0 spiro atoms. The maximum absolute atomic E-state index is 12.9. The van der Waals surface area contributed by atoms with Gasteiger partial charge in [0.15, 0.2) is 0 Å². The number of anilines is 1. The van der Waals surface area contributed by atoms with Crippen LogP contribution in [0.2, 0.25) is 0 Å². The van der Waals surface area contributed by atoms with E-state index in [0.717, 1.165) is 0 Å². The van der Waals surface area contributed by atoms with Gasteiger partial charge < -0.3 is 19.5 Å². The quantitative estimate of drug-likeness (QED) is 0.573. The largest absolute Gasteiger partial charge is 0.495 e. The lowest BCUT2D eigenvalue weighted by atomic mass is 10.2. The number of rotatable bonds is 6. The first-order chi connectivity index (χ1) is 13.5. The SMILES string of the molecule is COc1cc(C(=O)Nc2ccc(Oc3ccc(F)cc3)nc2)cc(OC)c1Br. The summed E-state index contributed by atoms with van der Waals surface area (Å²) < 4.78 is 29.6. The number of ether oxygens (including phenoxy) is 3. The molecule has 0 bridgehead atoms. The minimum absolute atomic E-state index is 0.316. The number of methoxy groups -OCH3 is 2. The van der Waals surface area contributed by atoms with Gasteiger partial charge in [-0.25, -0.2) is 9.37 Å². The highest BCUT2D eigenvalue weighted by molar-refractivity contribution is 9.10. The van der Waals surface area contributed by atoms with E-state index in [1.54, 1.807) is 24.3 Å². The molecule has 0 aliphatic rings. The van der Waals surface area contributed by atoms with Gasteiger partial charge in [0, 0.05) is 11.6 Å². The number of benzene rings is 2. The van der Waals surface area contributed by atoms with Gasteiger partial charge in [-0.1, -0.05) is 0 Å². The lowest BCUT2D eigenvalue weighted by Crippen LogP contribution is -2.12. The van der Waals surface area contributed by atoms with Crippen molar-refractivity contribution in [3.05, 3.63) is 70.6 Å². The van der Waals surface area contributed by atoms with Crippen LogP contribution in [0.25, 0.3) is 0 Å². The number of carbonyl (C=O) groups is 1. The van der Waals surface area contributed by atoms with Crippen LogP contribution in [-0.4, -0.2) is 25.1 Å². The molecule has 8 heteroatoms. The van der Waals surface area contributed by atoms with E-state index in [0.29, 0.717) is 38.9 Å². The molecule has 0 atom stereocenters. The van der Waals surface area contributed by atoms with Gasteiger partial charge in [0.2, 0.25) is 5.88 Å². The first-order valence-corrected chi connectivity index (χ1v) is 8.92. The van der Waals surface area contributed by atoms with Gasteiger partial charge in [-0.2, -0.15) is 0 Å². The van der Waals surface area contributed by atoms with E-state index in [1.165, 1.54) is 44.7 Å². The number of aromatic nitrogens is 1. The van der Waals surface area contributed by atoms with Crippen molar-refractivity contribution >= 4 is 27.5 Å². The van der Waals surface area contributed by atoms with Crippen LogP contribution >= 0.6 is 15.9 Å². The summed E-state index contributed by atoms with van der Waals surface area (Å²) in [5.41, 5.74) is 0.848. The number of carbonyl (C=O) groups excluding carboxylic acids is 1. The van der Waals surface area contributed by atoms with Crippen LogP contribution in [0.4, 0.5) is 10.1 Å². The summed E-state index contributed by atoms with van der Waals surface area (Å²) >= 11 is 3.36. The maximum Gasteiger partial charge on any atom is 0.255 e. The fraction of sp³-hybridized carbons (Fsp3) is 0.100. The molecule has 1 heterocycles. The van der Waals surface area contributed by atoms with E-state index < -0.39 is 0 Å². The fourth-order valence-corrected chi connectivity index (χ4v) is 2.89. The van der Waals surface area contributed by atoms with Crippen LogP contribution in [-0.2, 0) is 0 Å². The molecule has 144 valence electrons. The molecule has 28 heavy (non-hydrogen) atoms. The second kappa shape index (κ2) is 8.71. The van der Waals surface area contributed by atoms with Crippen molar-refractivity contribution in [2.45, 2.75) is 0 Å². The van der Waals surface area contributed by atoms with E-state index in [1.807, 2.05) is 0 Å². The number of nitrogens with one attached hydrogen (secondary N) is 1. The third kappa shape index (κ3) is 4.58. The summed E-state index contributed by atoms with van der Waals surface area (Å²) in [7, 11) is 3.01. The van der Waals surface area contributed by atoms with E-state index in [2.05, 4.69) is 26.2 Å². The number of nitrogens with zero attached hydrogens (tertiary/aromatic N) is 1. The monoisotopic (exact) mass is 446 g/mol. The predicted octanol–water partition coefficient (Wildman–Crippen LogP) is 5.05. The van der Waals surface area contributed by atoms with Crippen molar-refractivity contribution in [3.8, 4) is 23.1 Å². The number of pyridine rings is 1. The van der Waals surface area contributed by atoms with E-state index in [-0.39, 0.29) is 11.7 Å². The molecule has 1 amide bonds. The molecular formula is C20H16BrFN2O4. The summed E-state index contributed by atoms with van der Waals surface area (Å²) in [5, 5.41) is 2.75. The zero-order valence-corrected chi connectivity index (χ0v) is 16.6. The normalized spacial score (nSPS) is 10.3. The molecule has 0 saturated carbocycles. The van der Waals surface area contributed by atoms with Crippen molar-refractivity contribution in [2.24, 2.45) is 0 Å². The molecule has 0 aliphatic heterocycles. The zero-order chi connectivity index (χ0) is 20.1. The first-order valence-electron chi connectivity index (χ1n) is 8.12. The number of amides is 1. The molecule has 1 N–H and O–H groups in total. The Morgan fingerprint density at radius 3 is 2.21 bits per heavy atom. The van der Waals surface area contributed by atoms with Crippen molar-refractivity contribution in [3.63, 3.8) is 0 Å². The highest BCUT2D eigenvalue weighted by Gasteiger charge is 2.15. The molecule has 0 saturated heterocycles. The van der Waals surface area contributed by atoms with Crippen LogP contribution in [0.3, 0.4) is 0 Å². The highest BCUT2D eigenvalue weighted by atomic mass is 79.9. The average Bonchev–Trinajstić information content (AvgIpc) is 2.71. The highest BCUT2D eigenvalue weighted by Crippen LogP contribution is 2.35. The topological polar surface area (TPSA) is 69.7 Å². The Morgan fingerprint density at radius 1 is 1.04 bits per heavy atom. The number of halogens is 2. The lowest BCUT2D eigenvalue weighted by Gasteiger charge is -2.12. The molecule has 3 rings (SSSR count). The summed E-state index contributed by atoms with van der Waals surface area (Å²) in [6, 6.07) is 12.0. The number of hydrogen-bond donors (Lipinski definition) is 1.